The molecule has 0 amide bonds. The second-order valence-corrected chi connectivity index (χ2v) is 3.25. The summed E-state index contributed by atoms with van der Waals surface area (Å²) in [4.78, 5) is 10.3. The predicted molar refractivity (Wildman–Crippen MR) is 35.6 cm³/mol. The van der Waals surface area contributed by atoms with E-state index in [4.69, 9.17) is 5.11 Å². The summed E-state index contributed by atoms with van der Waals surface area (Å²) < 4.78 is 0. The Kier molecular flexibility index (Phi) is 1.20. The molecule has 3 nitrogen and oxygen atoms in total. The molecule has 2 fully saturated rings. The highest BCUT2D eigenvalue weighted by atomic mass is 16.4. The zero-order valence-corrected chi connectivity index (χ0v) is 5.71. The Hall–Kier alpha value is -0.570. The average molecular weight is 141 g/mol. The number of carboxylic acid groups (broad SMARTS) is 1. The number of aliphatic carboxylic acids is 1. The molecule has 1 saturated carbocycles. The van der Waals surface area contributed by atoms with Crippen molar-refractivity contribution in [2.45, 2.75) is 6.42 Å². The summed E-state index contributed by atoms with van der Waals surface area (Å²) in [5.74, 6) is 1.24. The van der Waals surface area contributed by atoms with Crippen LogP contribution in [0.3, 0.4) is 0 Å². The Morgan fingerprint density at radius 1 is 1.50 bits per heavy atom. The fourth-order valence-corrected chi connectivity index (χ4v) is 2.05. The quantitative estimate of drug-likeness (QED) is 0.565. The van der Waals surface area contributed by atoms with E-state index in [1.165, 1.54) is 0 Å². The lowest BCUT2D eigenvalue weighted by molar-refractivity contribution is -0.137. The molecule has 56 valence electrons. The number of hydrogen-bond donors (Lipinski definition) is 2. The van der Waals surface area contributed by atoms with Gasteiger partial charge in [-0.2, -0.15) is 0 Å². The molecule has 2 aliphatic rings. The van der Waals surface area contributed by atoms with Gasteiger partial charge in [0.15, 0.2) is 0 Å². The summed E-state index contributed by atoms with van der Waals surface area (Å²) >= 11 is 0. The smallest absolute Gasteiger partial charge is 0.303 e. The fourth-order valence-electron chi connectivity index (χ4n) is 2.05. The molecule has 1 aliphatic heterocycles. The first-order valence-corrected chi connectivity index (χ1v) is 3.71. The van der Waals surface area contributed by atoms with Crippen LogP contribution in [0.25, 0.3) is 0 Å². The molecule has 0 bridgehead atoms. The van der Waals surface area contributed by atoms with Crippen LogP contribution in [0.5, 0.6) is 0 Å². The van der Waals surface area contributed by atoms with Crippen LogP contribution in [0.15, 0.2) is 0 Å². The highest BCUT2D eigenvalue weighted by Crippen LogP contribution is 2.50. The van der Waals surface area contributed by atoms with Gasteiger partial charge < -0.3 is 10.4 Å². The van der Waals surface area contributed by atoms with E-state index < -0.39 is 5.97 Å². The van der Waals surface area contributed by atoms with Crippen molar-refractivity contribution in [3.63, 3.8) is 0 Å². The summed E-state index contributed by atoms with van der Waals surface area (Å²) in [6.07, 6.45) is 0.386. The van der Waals surface area contributed by atoms with Crippen LogP contribution in [-0.4, -0.2) is 24.2 Å². The van der Waals surface area contributed by atoms with E-state index in [2.05, 4.69) is 5.32 Å². The van der Waals surface area contributed by atoms with Gasteiger partial charge in [0, 0.05) is 6.42 Å². The van der Waals surface area contributed by atoms with Gasteiger partial charge >= 0.3 is 5.97 Å². The third-order valence-electron chi connectivity index (χ3n) is 2.68. The summed E-state index contributed by atoms with van der Waals surface area (Å²) in [6, 6.07) is 0. The Morgan fingerprint density at radius 3 is 2.60 bits per heavy atom. The summed E-state index contributed by atoms with van der Waals surface area (Å²) in [6.45, 7) is 2.09. The normalized spacial score (nSPS) is 43.0. The SMILES string of the molecule is O=C(O)CC1[C@@H]2CNC[C@@H]12. The second kappa shape index (κ2) is 1.95. The number of piperidine rings is 1. The maximum atomic E-state index is 10.3. The Balaban J connectivity index is 1.84. The van der Waals surface area contributed by atoms with Crippen molar-refractivity contribution in [2.75, 3.05) is 13.1 Å². The first-order valence-electron chi connectivity index (χ1n) is 3.71. The summed E-state index contributed by atoms with van der Waals surface area (Å²) in [5, 5.41) is 11.7. The minimum Gasteiger partial charge on any atom is -0.481 e. The highest BCUT2D eigenvalue weighted by molar-refractivity contribution is 5.67. The van der Waals surface area contributed by atoms with Crippen molar-refractivity contribution in [1.82, 2.24) is 5.32 Å². The minimum atomic E-state index is -0.639. The van der Waals surface area contributed by atoms with Crippen LogP contribution in [0, 0.1) is 17.8 Å². The van der Waals surface area contributed by atoms with Crippen LogP contribution >= 0.6 is 0 Å². The topological polar surface area (TPSA) is 49.3 Å². The molecular weight excluding hydrogens is 130 g/mol. The lowest BCUT2D eigenvalue weighted by Crippen LogP contribution is -2.15. The van der Waals surface area contributed by atoms with E-state index >= 15 is 0 Å². The number of carbonyl (C=O) groups is 1. The number of carboxylic acids is 1. The van der Waals surface area contributed by atoms with Crippen molar-refractivity contribution < 1.29 is 9.90 Å². The van der Waals surface area contributed by atoms with Gasteiger partial charge in [0.05, 0.1) is 0 Å². The molecule has 1 saturated heterocycles. The van der Waals surface area contributed by atoms with Crippen LogP contribution in [0.1, 0.15) is 6.42 Å². The molecule has 10 heavy (non-hydrogen) atoms. The number of hydrogen-bond acceptors (Lipinski definition) is 2. The summed E-state index contributed by atoms with van der Waals surface area (Å²) in [5.41, 5.74) is 0. The van der Waals surface area contributed by atoms with Crippen molar-refractivity contribution in [2.24, 2.45) is 17.8 Å². The molecule has 2 rings (SSSR count). The summed E-state index contributed by atoms with van der Waals surface area (Å²) in [7, 11) is 0. The van der Waals surface area contributed by atoms with E-state index in [0.717, 1.165) is 13.1 Å². The van der Waals surface area contributed by atoms with Gasteiger partial charge in [0.2, 0.25) is 0 Å². The Labute approximate surface area is 59.4 Å². The zero-order valence-electron chi connectivity index (χ0n) is 5.71. The van der Waals surface area contributed by atoms with Crippen LogP contribution in [0.2, 0.25) is 0 Å². The van der Waals surface area contributed by atoms with Gasteiger partial charge in [-0.05, 0) is 30.8 Å². The van der Waals surface area contributed by atoms with Gasteiger partial charge in [-0.1, -0.05) is 0 Å². The first kappa shape index (κ1) is 6.16. The Bertz CT molecular complexity index is 159. The van der Waals surface area contributed by atoms with Crippen molar-refractivity contribution in [3.05, 3.63) is 0 Å². The van der Waals surface area contributed by atoms with E-state index in [-0.39, 0.29) is 0 Å². The second-order valence-electron chi connectivity index (χ2n) is 3.25. The lowest BCUT2D eigenvalue weighted by Gasteiger charge is -1.98. The average Bonchev–Trinajstić information content (AvgIpc) is 2.40. The third-order valence-corrected chi connectivity index (χ3v) is 2.68. The number of rotatable bonds is 2. The van der Waals surface area contributed by atoms with Gasteiger partial charge in [0.25, 0.3) is 0 Å². The fraction of sp³-hybridized carbons (Fsp3) is 0.857. The Morgan fingerprint density at radius 2 is 2.10 bits per heavy atom. The van der Waals surface area contributed by atoms with E-state index in [1.54, 1.807) is 0 Å². The van der Waals surface area contributed by atoms with Gasteiger partial charge in [0.1, 0.15) is 0 Å². The molecular formula is C7H11NO2. The minimum absolute atomic E-state index is 0.386. The van der Waals surface area contributed by atoms with Crippen LogP contribution < -0.4 is 5.32 Å². The molecule has 2 N–H and O–H groups in total. The standard InChI is InChI=1S/C7H11NO2/c9-7(10)1-4-5-2-8-3-6(4)5/h4-6,8H,1-3H2,(H,9,10)/t5-,6-/m0/s1. The van der Waals surface area contributed by atoms with Gasteiger partial charge in [-0.3, -0.25) is 4.79 Å². The largest absolute Gasteiger partial charge is 0.481 e. The molecule has 1 heterocycles. The highest BCUT2D eigenvalue weighted by Gasteiger charge is 2.53. The number of fused-ring (bicyclic) bond motifs is 1. The maximum Gasteiger partial charge on any atom is 0.303 e. The van der Waals surface area contributed by atoms with E-state index in [1.807, 2.05) is 0 Å². The molecule has 0 spiro atoms. The van der Waals surface area contributed by atoms with E-state index in [0.29, 0.717) is 24.2 Å². The molecule has 0 aromatic heterocycles. The van der Waals surface area contributed by atoms with Crippen LogP contribution in [-0.2, 0) is 4.79 Å². The zero-order chi connectivity index (χ0) is 7.14. The van der Waals surface area contributed by atoms with Gasteiger partial charge in [-0.15, -0.1) is 0 Å². The molecule has 0 aromatic carbocycles. The third kappa shape index (κ3) is 0.814. The number of nitrogens with one attached hydrogen (secondary N) is 1. The monoisotopic (exact) mass is 141 g/mol. The molecule has 1 aliphatic carbocycles. The molecule has 2 atom stereocenters. The van der Waals surface area contributed by atoms with Gasteiger partial charge in [-0.25, -0.2) is 0 Å². The lowest BCUT2D eigenvalue weighted by atomic mass is 10.2. The van der Waals surface area contributed by atoms with E-state index in [9.17, 15) is 4.79 Å². The first-order chi connectivity index (χ1) is 4.79. The molecule has 0 aromatic rings. The molecule has 0 unspecified atom stereocenters. The molecule has 3 heteroatoms. The van der Waals surface area contributed by atoms with Crippen molar-refractivity contribution in [3.8, 4) is 0 Å². The van der Waals surface area contributed by atoms with Crippen molar-refractivity contribution in [1.29, 1.82) is 0 Å². The maximum absolute atomic E-state index is 10.3. The van der Waals surface area contributed by atoms with Crippen LogP contribution in [0.4, 0.5) is 0 Å². The van der Waals surface area contributed by atoms with Crippen molar-refractivity contribution >= 4 is 5.97 Å². The predicted octanol–water partition coefficient (Wildman–Crippen LogP) is -0.0735. The molecule has 0 radical (unpaired) electrons.